The highest BCUT2D eigenvalue weighted by atomic mass is 32.1. The summed E-state index contributed by atoms with van der Waals surface area (Å²) in [7, 11) is 0. The lowest BCUT2D eigenvalue weighted by molar-refractivity contribution is -0.384. The second kappa shape index (κ2) is 7.39. The zero-order valence-electron chi connectivity index (χ0n) is 13.3. The third-order valence-corrected chi connectivity index (χ3v) is 4.66. The van der Waals surface area contributed by atoms with Crippen LogP contribution in [0.15, 0.2) is 24.3 Å². The number of carboxylic acid groups (broad SMARTS) is 1. The van der Waals surface area contributed by atoms with E-state index in [1.165, 1.54) is 23.5 Å². The Hall–Kier alpha value is -2.48. The third kappa shape index (κ3) is 4.29. The number of benzene rings is 1. The number of nitrogens with one attached hydrogen (secondary N) is 1. The van der Waals surface area contributed by atoms with Gasteiger partial charge in [0.25, 0.3) is 11.6 Å². The van der Waals surface area contributed by atoms with Crippen molar-refractivity contribution in [1.29, 1.82) is 0 Å². The van der Waals surface area contributed by atoms with Crippen molar-refractivity contribution in [2.45, 2.75) is 20.3 Å². The normalized spacial score (nSPS) is 12.3. The lowest BCUT2D eigenvalue weighted by Gasteiger charge is -2.14. The first-order valence-electron chi connectivity index (χ1n) is 7.47. The molecule has 7 nitrogen and oxygen atoms in total. The number of hydrogen-bond donors (Lipinski definition) is 2. The quantitative estimate of drug-likeness (QED) is 0.588. The Morgan fingerprint density at radius 2 is 2.04 bits per heavy atom. The number of nitro groups is 1. The molecule has 1 amide bonds. The van der Waals surface area contributed by atoms with Gasteiger partial charge in [-0.1, -0.05) is 13.8 Å². The largest absolute Gasteiger partial charge is 0.481 e. The maximum atomic E-state index is 12.2. The molecule has 8 heteroatoms. The summed E-state index contributed by atoms with van der Waals surface area (Å²) in [6.07, 6.45) is 0.480. The van der Waals surface area contributed by atoms with Crippen LogP contribution in [0, 0.1) is 22.0 Å². The van der Waals surface area contributed by atoms with E-state index in [1.54, 1.807) is 12.1 Å². The second-order valence-electron chi connectivity index (χ2n) is 5.96. The molecule has 1 atom stereocenters. The molecule has 0 fully saturated rings. The summed E-state index contributed by atoms with van der Waals surface area (Å²) < 4.78 is 0.766. The van der Waals surface area contributed by atoms with E-state index in [-0.39, 0.29) is 24.1 Å². The van der Waals surface area contributed by atoms with Crippen molar-refractivity contribution >= 4 is 39.0 Å². The van der Waals surface area contributed by atoms with Crippen LogP contribution in [0.3, 0.4) is 0 Å². The van der Waals surface area contributed by atoms with E-state index in [1.807, 2.05) is 13.8 Å². The van der Waals surface area contributed by atoms with Crippen LogP contribution in [0.4, 0.5) is 5.69 Å². The number of hydrogen-bond acceptors (Lipinski definition) is 5. The fraction of sp³-hybridized carbons (Fsp3) is 0.375. The molecule has 2 rings (SSSR count). The molecule has 1 aromatic heterocycles. The summed E-state index contributed by atoms with van der Waals surface area (Å²) in [4.78, 5) is 34.1. The maximum Gasteiger partial charge on any atom is 0.308 e. The van der Waals surface area contributed by atoms with Gasteiger partial charge >= 0.3 is 5.97 Å². The molecule has 2 N–H and O–H groups in total. The van der Waals surface area contributed by atoms with Gasteiger partial charge in [-0.2, -0.15) is 0 Å². The van der Waals surface area contributed by atoms with Crippen LogP contribution >= 0.6 is 11.3 Å². The first-order chi connectivity index (χ1) is 11.3. The number of nitro benzene ring substituents is 1. The van der Waals surface area contributed by atoms with Gasteiger partial charge in [0.05, 0.1) is 15.7 Å². The molecule has 2 aromatic rings. The lowest BCUT2D eigenvalue weighted by Crippen LogP contribution is -2.33. The van der Waals surface area contributed by atoms with E-state index in [2.05, 4.69) is 5.32 Å². The Labute approximate surface area is 142 Å². The molecule has 0 aliphatic carbocycles. The first kappa shape index (κ1) is 17.9. The average Bonchev–Trinajstić information content (AvgIpc) is 2.93. The van der Waals surface area contributed by atoms with Gasteiger partial charge in [-0.3, -0.25) is 19.7 Å². The fourth-order valence-corrected chi connectivity index (χ4v) is 3.36. The van der Waals surface area contributed by atoms with Gasteiger partial charge in [-0.25, -0.2) is 0 Å². The van der Waals surface area contributed by atoms with E-state index in [9.17, 15) is 24.8 Å². The number of carbonyl (C=O) groups is 2. The van der Waals surface area contributed by atoms with Gasteiger partial charge in [0.15, 0.2) is 0 Å². The van der Waals surface area contributed by atoms with Crippen LogP contribution in [-0.2, 0) is 4.79 Å². The molecule has 24 heavy (non-hydrogen) atoms. The highest BCUT2D eigenvalue weighted by Crippen LogP contribution is 2.29. The number of rotatable bonds is 7. The van der Waals surface area contributed by atoms with Crippen molar-refractivity contribution in [2.24, 2.45) is 11.8 Å². The monoisotopic (exact) mass is 350 g/mol. The molecule has 128 valence electrons. The van der Waals surface area contributed by atoms with E-state index >= 15 is 0 Å². The van der Waals surface area contributed by atoms with Crippen molar-refractivity contribution in [3.8, 4) is 0 Å². The number of amides is 1. The molecule has 1 unspecified atom stereocenters. The van der Waals surface area contributed by atoms with E-state index in [4.69, 9.17) is 0 Å². The Morgan fingerprint density at radius 3 is 2.62 bits per heavy atom. The molecule has 1 heterocycles. The summed E-state index contributed by atoms with van der Waals surface area (Å²) in [5, 5.41) is 23.2. The topological polar surface area (TPSA) is 110 Å². The minimum atomic E-state index is -0.934. The second-order valence-corrected chi connectivity index (χ2v) is 7.05. The summed E-state index contributed by atoms with van der Waals surface area (Å²) in [6, 6.07) is 6.00. The highest BCUT2D eigenvalue weighted by Gasteiger charge is 2.21. The minimum absolute atomic E-state index is 0.0323. The zero-order valence-corrected chi connectivity index (χ0v) is 14.1. The summed E-state index contributed by atoms with van der Waals surface area (Å²) >= 11 is 1.22. The van der Waals surface area contributed by atoms with Crippen LogP contribution in [-0.4, -0.2) is 28.5 Å². The average molecular weight is 350 g/mol. The van der Waals surface area contributed by atoms with Crippen molar-refractivity contribution < 1.29 is 19.6 Å². The smallest absolute Gasteiger partial charge is 0.308 e. The van der Waals surface area contributed by atoms with Gasteiger partial charge in [-0.05, 0) is 24.5 Å². The molecular weight excluding hydrogens is 332 g/mol. The Morgan fingerprint density at radius 1 is 1.33 bits per heavy atom. The van der Waals surface area contributed by atoms with Gasteiger partial charge in [0, 0.05) is 28.8 Å². The molecule has 0 aliphatic heterocycles. The van der Waals surface area contributed by atoms with Crippen molar-refractivity contribution in [1.82, 2.24) is 5.32 Å². The molecule has 0 saturated heterocycles. The van der Waals surface area contributed by atoms with E-state index in [0.717, 1.165) is 4.70 Å². The number of carbonyl (C=O) groups excluding carboxylic acids is 1. The van der Waals surface area contributed by atoms with Gasteiger partial charge in [-0.15, -0.1) is 11.3 Å². The summed E-state index contributed by atoms with van der Waals surface area (Å²) in [6.45, 7) is 3.91. The van der Waals surface area contributed by atoms with Gasteiger partial charge < -0.3 is 10.4 Å². The van der Waals surface area contributed by atoms with Crippen LogP contribution < -0.4 is 5.32 Å². The zero-order chi connectivity index (χ0) is 17.9. The van der Waals surface area contributed by atoms with Gasteiger partial charge in [0.1, 0.15) is 0 Å². The maximum absolute atomic E-state index is 12.2. The molecule has 1 aromatic carbocycles. The van der Waals surface area contributed by atoms with Crippen molar-refractivity contribution in [2.75, 3.05) is 6.54 Å². The molecule has 0 saturated carbocycles. The lowest BCUT2D eigenvalue weighted by atomic mass is 9.97. The standard InChI is InChI=1S/C16H18N2O5S/c1-9(2)5-11(16(20)21)8-17-15(19)14-7-10-6-12(18(22)23)3-4-13(10)24-14/h3-4,6-7,9,11H,5,8H2,1-2H3,(H,17,19)(H,20,21). The number of thiophene rings is 1. The van der Waals surface area contributed by atoms with Crippen LogP contribution in [0.25, 0.3) is 10.1 Å². The van der Waals surface area contributed by atoms with Crippen LogP contribution in [0.1, 0.15) is 29.9 Å². The Balaban J connectivity index is 2.10. The number of non-ortho nitro benzene ring substituents is 1. The summed E-state index contributed by atoms with van der Waals surface area (Å²) in [5.41, 5.74) is -0.0323. The highest BCUT2D eigenvalue weighted by molar-refractivity contribution is 7.20. The van der Waals surface area contributed by atoms with Crippen molar-refractivity contribution in [3.63, 3.8) is 0 Å². The van der Waals surface area contributed by atoms with Crippen LogP contribution in [0.5, 0.6) is 0 Å². The van der Waals surface area contributed by atoms with Crippen molar-refractivity contribution in [3.05, 3.63) is 39.3 Å². The van der Waals surface area contributed by atoms with Crippen LogP contribution in [0.2, 0.25) is 0 Å². The Bertz CT molecular complexity index is 784. The molecular formula is C16H18N2O5S. The molecule has 0 bridgehead atoms. The molecule has 0 aliphatic rings. The molecule has 0 spiro atoms. The van der Waals surface area contributed by atoms with E-state index < -0.39 is 16.8 Å². The SMILES string of the molecule is CC(C)CC(CNC(=O)c1cc2cc([N+](=O)[O-])ccc2s1)C(=O)O. The number of aliphatic carboxylic acids is 1. The number of nitrogens with zero attached hydrogens (tertiary/aromatic N) is 1. The summed E-state index contributed by atoms with van der Waals surface area (Å²) in [5.74, 6) is -1.72. The molecule has 0 radical (unpaired) electrons. The third-order valence-electron chi connectivity index (χ3n) is 3.55. The number of carboxylic acids is 1. The predicted molar refractivity (Wildman–Crippen MR) is 91.4 cm³/mol. The minimum Gasteiger partial charge on any atom is -0.481 e. The van der Waals surface area contributed by atoms with E-state index in [0.29, 0.717) is 16.7 Å². The first-order valence-corrected chi connectivity index (χ1v) is 8.28. The fourth-order valence-electron chi connectivity index (χ4n) is 2.40. The number of fused-ring (bicyclic) bond motifs is 1. The Kier molecular flexibility index (Phi) is 5.50. The predicted octanol–water partition coefficient (Wildman–Crippen LogP) is 3.29. The van der Waals surface area contributed by atoms with Gasteiger partial charge in [0.2, 0.25) is 0 Å².